The van der Waals surface area contributed by atoms with Crippen molar-refractivity contribution in [1.82, 2.24) is 14.5 Å². The van der Waals surface area contributed by atoms with Gasteiger partial charge in [0.2, 0.25) is 0 Å². The van der Waals surface area contributed by atoms with Gasteiger partial charge in [0.15, 0.2) is 0 Å². The molecule has 4 nitrogen and oxygen atoms in total. The van der Waals surface area contributed by atoms with Crippen molar-refractivity contribution >= 4 is 11.0 Å². The van der Waals surface area contributed by atoms with Crippen molar-refractivity contribution in [2.45, 2.75) is 19.4 Å². The summed E-state index contributed by atoms with van der Waals surface area (Å²) in [5.41, 5.74) is 9.26. The largest absolute Gasteiger partial charge is 0.334 e. The van der Waals surface area contributed by atoms with Crippen molar-refractivity contribution in [3.8, 4) is 0 Å². The molecule has 0 fully saturated rings. The van der Waals surface area contributed by atoms with Crippen LogP contribution < -0.4 is 5.73 Å². The third kappa shape index (κ3) is 2.80. The Bertz CT molecular complexity index is 544. The summed E-state index contributed by atoms with van der Waals surface area (Å²) in [6, 6.07) is 6.95. The summed E-state index contributed by atoms with van der Waals surface area (Å²) in [5.74, 6) is 0.529. The van der Waals surface area contributed by atoms with E-state index in [1.54, 1.807) is 0 Å². The molecular weight excluding hydrogens is 236 g/mol. The van der Waals surface area contributed by atoms with Gasteiger partial charge in [-0.2, -0.15) is 0 Å². The van der Waals surface area contributed by atoms with Gasteiger partial charge in [0.05, 0.1) is 17.4 Å². The molecule has 0 aliphatic heterocycles. The summed E-state index contributed by atoms with van der Waals surface area (Å²) in [6.45, 7) is 3.00. The van der Waals surface area contributed by atoms with Crippen LogP contribution in [0.25, 0.3) is 11.0 Å². The lowest BCUT2D eigenvalue weighted by atomic mass is 9.91. The first-order valence-electron chi connectivity index (χ1n) is 6.82. The molecule has 1 aromatic heterocycles. The minimum absolute atomic E-state index is 0.384. The van der Waals surface area contributed by atoms with Crippen LogP contribution >= 0.6 is 0 Å². The van der Waals surface area contributed by atoms with Crippen LogP contribution in [0.5, 0.6) is 0 Å². The number of hydrogen-bond acceptors (Lipinski definition) is 3. The second-order valence-electron chi connectivity index (χ2n) is 5.57. The van der Waals surface area contributed by atoms with Crippen molar-refractivity contribution in [3.05, 3.63) is 30.1 Å². The summed E-state index contributed by atoms with van der Waals surface area (Å²) in [4.78, 5) is 6.71. The third-order valence-corrected chi connectivity index (χ3v) is 3.81. The Morgan fingerprint density at radius 1 is 1.37 bits per heavy atom. The van der Waals surface area contributed by atoms with E-state index in [0.29, 0.717) is 12.0 Å². The van der Waals surface area contributed by atoms with E-state index in [1.807, 2.05) is 17.9 Å². The zero-order chi connectivity index (χ0) is 14.0. The van der Waals surface area contributed by atoms with Crippen LogP contribution in [0.3, 0.4) is 0 Å². The molecule has 2 N–H and O–H groups in total. The minimum Gasteiger partial charge on any atom is -0.334 e. The Balaban J connectivity index is 2.38. The van der Waals surface area contributed by atoms with Crippen LogP contribution in [0.1, 0.15) is 24.9 Å². The smallest absolute Gasteiger partial charge is 0.0955 e. The maximum Gasteiger partial charge on any atom is 0.0955 e. The molecule has 0 bridgehead atoms. The highest BCUT2D eigenvalue weighted by Crippen LogP contribution is 2.30. The van der Waals surface area contributed by atoms with Crippen molar-refractivity contribution in [3.63, 3.8) is 0 Å². The predicted molar refractivity (Wildman–Crippen MR) is 80.0 cm³/mol. The average molecular weight is 260 g/mol. The van der Waals surface area contributed by atoms with Gasteiger partial charge in [-0.05, 0) is 50.7 Å². The number of rotatable bonds is 5. The van der Waals surface area contributed by atoms with E-state index in [2.05, 4.69) is 49.1 Å². The molecule has 104 valence electrons. The van der Waals surface area contributed by atoms with E-state index in [0.717, 1.165) is 18.5 Å². The highest BCUT2D eigenvalue weighted by atomic mass is 15.1. The van der Waals surface area contributed by atoms with Gasteiger partial charge in [-0.25, -0.2) is 4.98 Å². The van der Waals surface area contributed by atoms with Crippen molar-refractivity contribution < 1.29 is 0 Å². The standard InChI is InChI=1S/C15H24N4/c1-11(7-8-16)15(18(2)3)12-5-6-14-13(9-12)17-10-19(14)4/h5-6,9-11,15H,7-8,16H2,1-4H3. The highest BCUT2D eigenvalue weighted by molar-refractivity contribution is 5.76. The number of benzene rings is 1. The normalized spacial score (nSPS) is 15.1. The Labute approximate surface area is 115 Å². The summed E-state index contributed by atoms with van der Waals surface area (Å²) < 4.78 is 2.05. The van der Waals surface area contributed by atoms with E-state index < -0.39 is 0 Å². The first kappa shape index (κ1) is 14.0. The Hall–Kier alpha value is -1.39. The van der Waals surface area contributed by atoms with Gasteiger partial charge in [-0.3, -0.25) is 0 Å². The average Bonchev–Trinajstić information content (AvgIpc) is 2.71. The molecule has 0 spiro atoms. The van der Waals surface area contributed by atoms with Gasteiger partial charge in [0.1, 0.15) is 0 Å². The van der Waals surface area contributed by atoms with Gasteiger partial charge < -0.3 is 15.2 Å². The highest BCUT2D eigenvalue weighted by Gasteiger charge is 2.21. The third-order valence-electron chi connectivity index (χ3n) is 3.81. The van der Waals surface area contributed by atoms with Crippen molar-refractivity contribution in [1.29, 1.82) is 0 Å². The molecule has 0 saturated heterocycles. The van der Waals surface area contributed by atoms with Gasteiger partial charge in [-0.1, -0.05) is 13.0 Å². The van der Waals surface area contributed by atoms with Crippen LogP contribution in [0.2, 0.25) is 0 Å². The van der Waals surface area contributed by atoms with Gasteiger partial charge in [0, 0.05) is 13.1 Å². The number of imidazole rings is 1. The molecule has 2 atom stereocenters. The predicted octanol–water partition coefficient (Wildman–Crippen LogP) is 2.16. The van der Waals surface area contributed by atoms with E-state index >= 15 is 0 Å². The number of fused-ring (bicyclic) bond motifs is 1. The molecule has 1 aromatic carbocycles. The molecule has 19 heavy (non-hydrogen) atoms. The van der Waals surface area contributed by atoms with Gasteiger partial charge >= 0.3 is 0 Å². The fourth-order valence-corrected chi connectivity index (χ4v) is 2.89. The van der Waals surface area contributed by atoms with Crippen LogP contribution in [0, 0.1) is 5.92 Å². The molecular formula is C15H24N4. The van der Waals surface area contributed by atoms with Crippen molar-refractivity contribution in [2.24, 2.45) is 18.7 Å². The first-order valence-corrected chi connectivity index (χ1v) is 6.82. The molecule has 2 rings (SSSR count). The molecule has 2 unspecified atom stereocenters. The number of nitrogens with two attached hydrogens (primary N) is 1. The SMILES string of the molecule is CC(CCN)C(c1ccc2c(c1)ncn2C)N(C)C. The number of nitrogens with zero attached hydrogens (tertiary/aromatic N) is 3. The molecule has 1 heterocycles. The Kier molecular flexibility index (Phi) is 4.22. The molecule has 0 amide bonds. The van der Waals surface area contributed by atoms with Crippen LogP contribution in [-0.2, 0) is 7.05 Å². The topological polar surface area (TPSA) is 47.1 Å². The monoisotopic (exact) mass is 260 g/mol. The van der Waals surface area contributed by atoms with Crippen LogP contribution in [0.4, 0.5) is 0 Å². The fraction of sp³-hybridized carbons (Fsp3) is 0.533. The second kappa shape index (κ2) is 5.72. The van der Waals surface area contributed by atoms with E-state index in [4.69, 9.17) is 5.73 Å². The maximum atomic E-state index is 5.71. The molecule has 0 aliphatic carbocycles. The van der Waals surface area contributed by atoms with Crippen LogP contribution in [-0.4, -0.2) is 35.1 Å². The van der Waals surface area contributed by atoms with Gasteiger partial charge in [-0.15, -0.1) is 0 Å². The number of aromatic nitrogens is 2. The fourth-order valence-electron chi connectivity index (χ4n) is 2.89. The zero-order valence-electron chi connectivity index (χ0n) is 12.3. The van der Waals surface area contributed by atoms with Crippen LogP contribution in [0.15, 0.2) is 24.5 Å². The molecule has 0 radical (unpaired) electrons. The second-order valence-corrected chi connectivity index (χ2v) is 5.57. The maximum absolute atomic E-state index is 5.71. The summed E-state index contributed by atoms with van der Waals surface area (Å²) >= 11 is 0. The lowest BCUT2D eigenvalue weighted by Crippen LogP contribution is -2.27. The lowest BCUT2D eigenvalue weighted by molar-refractivity contribution is 0.217. The van der Waals surface area contributed by atoms with E-state index in [9.17, 15) is 0 Å². The number of hydrogen-bond donors (Lipinski definition) is 1. The number of aryl methyl sites for hydroxylation is 1. The Morgan fingerprint density at radius 3 is 2.74 bits per heavy atom. The first-order chi connectivity index (χ1) is 9.04. The summed E-state index contributed by atoms with van der Waals surface area (Å²) in [5, 5.41) is 0. The molecule has 2 aromatic rings. The van der Waals surface area contributed by atoms with Gasteiger partial charge in [0.25, 0.3) is 0 Å². The minimum atomic E-state index is 0.384. The molecule has 0 aliphatic rings. The molecule has 0 saturated carbocycles. The summed E-state index contributed by atoms with van der Waals surface area (Å²) in [6.07, 6.45) is 2.89. The van der Waals surface area contributed by atoms with E-state index in [-0.39, 0.29) is 0 Å². The van der Waals surface area contributed by atoms with E-state index in [1.165, 1.54) is 11.1 Å². The zero-order valence-corrected chi connectivity index (χ0v) is 12.3. The molecule has 4 heteroatoms. The van der Waals surface area contributed by atoms with Crippen molar-refractivity contribution in [2.75, 3.05) is 20.6 Å². The quantitative estimate of drug-likeness (QED) is 0.896. The lowest BCUT2D eigenvalue weighted by Gasteiger charge is -2.30. The summed E-state index contributed by atoms with van der Waals surface area (Å²) in [7, 11) is 6.27. The Morgan fingerprint density at radius 2 is 2.11 bits per heavy atom.